The second kappa shape index (κ2) is 7.53. The Morgan fingerprint density at radius 1 is 1.19 bits per heavy atom. The molecule has 0 saturated heterocycles. The van der Waals surface area contributed by atoms with Gasteiger partial charge in [0.15, 0.2) is 5.82 Å². The smallest absolute Gasteiger partial charge is 0.410 e. The molecule has 3 aromatic rings. The van der Waals surface area contributed by atoms with E-state index in [1.807, 2.05) is 10.7 Å². The van der Waals surface area contributed by atoms with E-state index in [9.17, 15) is 4.79 Å². The van der Waals surface area contributed by atoms with Crippen LogP contribution in [0.3, 0.4) is 0 Å². The Kier molecular flexibility index (Phi) is 4.95. The lowest BCUT2D eigenvalue weighted by atomic mass is 10.2. The fourth-order valence-corrected chi connectivity index (χ4v) is 3.50. The molecule has 9 nitrogen and oxygen atoms in total. The highest BCUT2D eigenvalue weighted by molar-refractivity contribution is 6.34. The first-order valence-corrected chi connectivity index (χ1v) is 9.01. The van der Waals surface area contributed by atoms with E-state index in [4.69, 9.17) is 27.9 Å². The zero-order chi connectivity index (χ0) is 18.8. The molecule has 1 N–H and O–H groups in total. The van der Waals surface area contributed by atoms with Crippen molar-refractivity contribution in [1.82, 2.24) is 35.3 Å². The van der Waals surface area contributed by atoms with Crippen molar-refractivity contribution in [3.63, 3.8) is 0 Å². The Balaban J connectivity index is 1.44. The third-order valence-corrected chi connectivity index (χ3v) is 4.58. The molecule has 0 saturated carbocycles. The van der Waals surface area contributed by atoms with E-state index in [0.717, 1.165) is 17.7 Å². The van der Waals surface area contributed by atoms with E-state index in [2.05, 4.69) is 25.7 Å². The van der Waals surface area contributed by atoms with Crippen LogP contribution in [0.1, 0.15) is 17.7 Å². The van der Waals surface area contributed by atoms with Gasteiger partial charge in [0.1, 0.15) is 12.3 Å². The van der Waals surface area contributed by atoms with Crippen LogP contribution in [0.5, 0.6) is 0 Å². The number of carbonyl (C=O) groups is 1. The minimum Gasteiger partial charge on any atom is -0.445 e. The molecule has 140 valence electrons. The van der Waals surface area contributed by atoms with Gasteiger partial charge in [-0.05, 0) is 46.7 Å². The van der Waals surface area contributed by atoms with E-state index >= 15 is 0 Å². The van der Waals surface area contributed by atoms with E-state index < -0.39 is 6.09 Å². The van der Waals surface area contributed by atoms with Crippen LogP contribution < -0.4 is 0 Å². The molecular formula is C16H15Cl2N7O2. The molecule has 0 radical (unpaired) electrons. The summed E-state index contributed by atoms with van der Waals surface area (Å²) in [4.78, 5) is 14.2. The molecule has 0 spiro atoms. The van der Waals surface area contributed by atoms with Crippen molar-refractivity contribution in [2.24, 2.45) is 0 Å². The summed E-state index contributed by atoms with van der Waals surface area (Å²) in [6.07, 6.45) is 0.365. The van der Waals surface area contributed by atoms with Crippen LogP contribution in [0.4, 0.5) is 4.79 Å². The minimum atomic E-state index is -0.399. The standard InChI is InChI=1S/C16H15Cl2N7O2/c17-11-4-10(5-12(18)6-11)9-27-16(26)24-2-1-3-25-13(8-24)7-14(21-25)15-19-22-23-20-15/h4-7H,1-3,8-9H2,(H,19,20,22,23). The summed E-state index contributed by atoms with van der Waals surface area (Å²) in [6, 6.07) is 6.93. The quantitative estimate of drug-likeness (QED) is 0.715. The number of hydrogen-bond acceptors (Lipinski definition) is 6. The van der Waals surface area contributed by atoms with Gasteiger partial charge in [-0.1, -0.05) is 23.2 Å². The maximum atomic E-state index is 12.5. The number of nitrogens with zero attached hydrogens (tertiary/aromatic N) is 6. The maximum Gasteiger partial charge on any atom is 0.410 e. The highest BCUT2D eigenvalue weighted by atomic mass is 35.5. The van der Waals surface area contributed by atoms with Crippen LogP contribution in [-0.2, 0) is 24.4 Å². The summed E-state index contributed by atoms with van der Waals surface area (Å²) in [5, 5.41) is 19.2. The topological polar surface area (TPSA) is 102 Å². The lowest BCUT2D eigenvalue weighted by Crippen LogP contribution is -2.31. The first-order chi connectivity index (χ1) is 13.1. The summed E-state index contributed by atoms with van der Waals surface area (Å²) >= 11 is 11.9. The summed E-state index contributed by atoms with van der Waals surface area (Å²) in [5.74, 6) is 0.488. The number of aromatic nitrogens is 6. The van der Waals surface area contributed by atoms with Crippen LogP contribution in [0, 0.1) is 0 Å². The second-order valence-electron chi connectivity index (χ2n) is 6.10. The fraction of sp³-hybridized carbons (Fsp3) is 0.312. The Bertz CT molecular complexity index is 938. The van der Waals surface area contributed by atoms with E-state index in [1.54, 1.807) is 23.1 Å². The largest absolute Gasteiger partial charge is 0.445 e. The molecule has 0 fully saturated rings. The monoisotopic (exact) mass is 407 g/mol. The molecule has 27 heavy (non-hydrogen) atoms. The van der Waals surface area contributed by atoms with Crippen LogP contribution in [0.2, 0.25) is 10.0 Å². The number of H-pyrrole nitrogens is 1. The summed E-state index contributed by atoms with van der Waals surface area (Å²) < 4.78 is 7.29. The Morgan fingerprint density at radius 2 is 2.00 bits per heavy atom. The molecule has 0 aliphatic carbocycles. The number of aryl methyl sites for hydroxylation is 1. The Morgan fingerprint density at radius 3 is 2.74 bits per heavy atom. The normalized spacial score (nSPS) is 13.9. The van der Waals surface area contributed by atoms with Crippen molar-refractivity contribution in [3.05, 3.63) is 45.6 Å². The van der Waals surface area contributed by atoms with Crippen molar-refractivity contribution in [3.8, 4) is 11.5 Å². The van der Waals surface area contributed by atoms with Crippen molar-refractivity contribution in [1.29, 1.82) is 0 Å². The molecule has 0 atom stereocenters. The molecule has 1 aliphatic rings. The molecule has 0 bridgehead atoms. The number of halogens is 2. The van der Waals surface area contributed by atoms with Gasteiger partial charge < -0.3 is 9.64 Å². The van der Waals surface area contributed by atoms with E-state index in [-0.39, 0.29) is 6.61 Å². The average molecular weight is 408 g/mol. The van der Waals surface area contributed by atoms with Crippen LogP contribution >= 0.6 is 23.2 Å². The van der Waals surface area contributed by atoms with Gasteiger partial charge in [0.2, 0.25) is 0 Å². The number of hydrogen-bond donors (Lipinski definition) is 1. The SMILES string of the molecule is O=C(OCc1cc(Cl)cc(Cl)c1)N1CCCn2nc(-c3nnn[nH]3)cc2C1. The fourth-order valence-electron chi connectivity index (χ4n) is 2.93. The Hall–Kier alpha value is -2.65. The third-order valence-electron chi connectivity index (χ3n) is 4.14. The number of carbonyl (C=O) groups excluding carboxylic acids is 1. The number of aromatic amines is 1. The van der Waals surface area contributed by atoms with Gasteiger partial charge >= 0.3 is 6.09 Å². The van der Waals surface area contributed by atoms with Gasteiger partial charge in [-0.2, -0.15) is 5.10 Å². The zero-order valence-corrected chi connectivity index (χ0v) is 15.6. The molecule has 1 amide bonds. The maximum absolute atomic E-state index is 12.5. The van der Waals surface area contributed by atoms with Gasteiger partial charge in [-0.25, -0.2) is 9.89 Å². The highest BCUT2D eigenvalue weighted by Gasteiger charge is 2.22. The number of tetrazole rings is 1. The molecule has 2 aromatic heterocycles. The molecule has 4 rings (SSSR count). The zero-order valence-electron chi connectivity index (χ0n) is 14.1. The van der Waals surface area contributed by atoms with E-state index in [0.29, 0.717) is 41.2 Å². The Labute approximate surface area is 164 Å². The number of amides is 1. The summed E-state index contributed by atoms with van der Waals surface area (Å²) in [7, 11) is 0. The van der Waals surface area contributed by atoms with E-state index in [1.165, 1.54) is 0 Å². The number of rotatable bonds is 3. The van der Waals surface area contributed by atoms with Gasteiger partial charge in [0.05, 0.1) is 12.2 Å². The molecule has 1 aliphatic heterocycles. The van der Waals surface area contributed by atoms with Crippen molar-refractivity contribution in [2.45, 2.75) is 26.1 Å². The lowest BCUT2D eigenvalue weighted by molar-refractivity contribution is 0.0942. The van der Waals surface area contributed by atoms with Gasteiger partial charge in [-0.3, -0.25) is 4.68 Å². The summed E-state index contributed by atoms with van der Waals surface area (Å²) in [5.41, 5.74) is 2.27. The van der Waals surface area contributed by atoms with Crippen LogP contribution in [0.25, 0.3) is 11.5 Å². The highest BCUT2D eigenvalue weighted by Crippen LogP contribution is 2.21. The first-order valence-electron chi connectivity index (χ1n) is 8.26. The lowest BCUT2D eigenvalue weighted by Gasteiger charge is -2.19. The number of benzene rings is 1. The number of ether oxygens (including phenoxy) is 1. The molecule has 1 aromatic carbocycles. The predicted octanol–water partition coefficient (Wildman–Crippen LogP) is 2.91. The minimum absolute atomic E-state index is 0.101. The van der Waals surface area contributed by atoms with Gasteiger partial charge in [0, 0.05) is 23.1 Å². The van der Waals surface area contributed by atoms with Crippen molar-refractivity contribution >= 4 is 29.3 Å². The van der Waals surface area contributed by atoms with Gasteiger partial charge in [0.25, 0.3) is 0 Å². The van der Waals surface area contributed by atoms with Gasteiger partial charge in [-0.15, -0.1) is 5.10 Å². The average Bonchev–Trinajstić information content (AvgIpc) is 3.25. The molecule has 0 unspecified atom stereocenters. The summed E-state index contributed by atoms with van der Waals surface area (Å²) in [6.45, 7) is 1.77. The molecule has 11 heteroatoms. The number of nitrogens with one attached hydrogen (secondary N) is 1. The third kappa shape index (κ3) is 4.04. The van der Waals surface area contributed by atoms with Crippen molar-refractivity contribution < 1.29 is 9.53 Å². The number of fused-ring (bicyclic) bond motifs is 1. The second-order valence-corrected chi connectivity index (χ2v) is 6.97. The predicted molar refractivity (Wildman–Crippen MR) is 97.1 cm³/mol. The first kappa shape index (κ1) is 17.7. The molecule has 3 heterocycles. The molecular weight excluding hydrogens is 393 g/mol. The van der Waals surface area contributed by atoms with Crippen LogP contribution in [-0.4, -0.2) is 47.9 Å². The van der Waals surface area contributed by atoms with Crippen molar-refractivity contribution in [2.75, 3.05) is 6.54 Å². The van der Waals surface area contributed by atoms with Crippen LogP contribution in [0.15, 0.2) is 24.3 Å².